The van der Waals surface area contributed by atoms with E-state index in [1.54, 1.807) is 13.8 Å². The van der Waals surface area contributed by atoms with E-state index >= 15 is 0 Å². The van der Waals surface area contributed by atoms with Crippen LogP contribution < -0.4 is 0 Å². The van der Waals surface area contributed by atoms with Gasteiger partial charge in [-0.1, -0.05) is 13.8 Å². The molecule has 114 valence electrons. The third kappa shape index (κ3) is 19.3. The van der Waals surface area contributed by atoms with Crippen LogP contribution in [0.15, 0.2) is 0 Å². The van der Waals surface area contributed by atoms with Gasteiger partial charge in [-0.05, 0) is 12.8 Å². The van der Waals surface area contributed by atoms with E-state index < -0.39 is 12.3 Å². The molecular weight excluding hydrogens is 256 g/mol. The fourth-order valence-electron chi connectivity index (χ4n) is 0.777. The van der Waals surface area contributed by atoms with Crippen LogP contribution in [0.25, 0.3) is 0 Å². The van der Waals surface area contributed by atoms with Crippen molar-refractivity contribution in [2.45, 2.75) is 45.8 Å². The van der Waals surface area contributed by atoms with Crippen molar-refractivity contribution in [2.24, 2.45) is 5.92 Å². The second-order valence-corrected chi connectivity index (χ2v) is 4.20. The van der Waals surface area contributed by atoms with Gasteiger partial charge in [0.05, 0.1) is 6.61 Å². The number of ether oxygens (including phenoxy) is 1. The second kappa shape index (κ2) is 13.3. The van der Waals surface area contributed by atoms with Crippen molar-refractivity contribution >= 4 is 11.9 Å². The second-order valence-electron chi connectivity index (χ2n) is 4.20. The number of carboxylic acids is 1. The molecule has 0 aliphatic carbocycles. The van der Waals surface area contributed by atoms with Crippen LogP contribution in [0.3, 0.4) is 0 Å². The lowest BCUT2D eigenvalue weighted by atomic mass is 10.2. The summed E-state index contributed by atoms with van der Waals surface area (Å²) >= 11 is 0. The van der Waals surface area contributed by atoms with Gasteiger partial charge in [-0.2, -0.15) is 0 Å². The molecule has 0 atom stereocenters. The lowest BCUT2D eigenvalue weighted by Gasteiger charge is -2.03. The third-order valence-electron chi connectivity index (χ3n) is 1.97. The Morgan fingerprint density at radius 2 is 1.58 bits per heavy atom. The normalized spacial score (nSPS) is 10.1. The summed E-state index contributed by atoms with van der Waals surface area (Å²) in [6.45, 7) is 3.31. The first-order valence-corrected chi connectivity index (χ1v) is 6.15. The van der Waals surface area contributed by atoms with Crippen LogP contribution in [0.2, 0.25) is 0 Å². The number of hydrogen-bond donors (Lipinski definition) is 4. The number of aliphatic carboxylic acids is 1. The maximum absolute atomic E-state index is 10.8. The number of carbonyl (C=O) groups is 2. The Balaban J connectivity index is 0. The summed E-state index contributed by atoms with van der Waals surface area (Å²) in [5, 5.41) is 32.9. The summed E-state index contributed by atoms with van der Waals surface area (Å²) in [7, 11) is 0. The molecule has 0 aliphatic heterocycles. The molecule has 0 rings (SSSR count). The van der Waals surface area contributed by atoms with Gasteiger partial charge in [-0.25, -0.2) is 0 Å². The first kappa shape index (κ1) is 20.1. The summed E-state index contributed by atoms with van der Waals surface area (Å²) in [5.74, 6) is -1.28. The number of carbonyl (C=O) groups excluding carboxylic acids is 1. The van der Waals surface area contributed by atoms with Gasteiger partial charge in [-0.15, -0.1) is 0 Å². The van der Waals surface area contributed by atoms with Gasteiger partial charge in [0.15, 0.2) is 6.29 Å². The Bertz CT molecular complexity index is 232. The first-order chi connectivity index (χ1) is 8.81. The number of aliphatic hydroxyl groups is 3. The smallest absolute Gasteiger partial charge is 0.305 e. The molecule has 7 heteroatoms. The zero-order valence-corrected chi connectivity index (χ0v) is 11.4. The average Bonchev–Trinajstić information content (AvgIpc) is 2.32. The minimum atomic E-state index is -1.15. The van der Waals surface area contributed by atoms with Gasteiger partial charge in [0.2, 0.25) is 0 Å². The minimum Gasteiger partial charge on any atom is -0.481 e. The average molecular weight is 280 g/mol. The van der Waals surface area contributed by atoms with Crippen molar-refractivity contribution in [3.63, 3.8) is 0 Å². The van der Waals surface area contributed by atoms with Gasteiger partial charge >= 0.3 is 11.9 Å². The quantitative estimate of drug-likeness (QED) is 0.283. The molecule has 0 aromatic rings. The van der Waals surface area contributed by atoms with E-state index in [4.69, 9.17) is 20.4 Å². The Morgan fingerprint density at radius 3 is 1.95 bits per heavy atom. The standard InChI is InChI=1S/C8H14O5.C4H10O2/c9-5-6-13-8(12)4-2-1-3-7(10)11;1-3(2)4(5)6/h9H,1-6H2,(H,10,11);3-6H,1-2H3. The molecular formula is C12H24O7. The topological polar surface area (TPSA) is 124 Å². The number of aliphatic hydroxyl groups excluding tert-OH is 2. The molecule has 7 nitrogen and oxygen atoms in total. The highest BCUT2D eigenvalue weighted by atomic mass is 16.5. The zero-order chi connectivity index (χ0) is 15.3. The van der Waals surface area contributed by atoms with E-state index in [2.05, 4.69) is 4.74 Å². The Labute approximate surface area is 112 Å². The minimum absolute atomic E-state index is 0.0117. The molecule has 4 N–H and O–H groups in total. The molecule has 0 aliphatic rings. The molecule has 0 heterocycles. The molecule has 0 fully saturated rings. The fraction of sp³-hybridized carbons (Fsp3) is 0.833. The predicted octanol–water partition coefficient (Wildman–Crippen LogP) is 0.120. The number of rotatable bonds is 8. The molecule has 0 saturated heterocycles. The van der Waals surface area contributed by atoms with E-state index in [1.807, 2.05) is 0 Å². The van der Waals surface area contributed by atoms with Gasteiger partial charge in [0.25, 0.3) is 0 Å². The van der Waals surface area contributed by atoms with E-state index in [-0.39, 0.29) is 37.9 Å². The van der Waals surface area contributed by atoms with Crippen molar-refractivity contribution in [3.05, 3.63) is 0 Å². The monoisotopic (exact) mass is 280 g/mol. The van der Waals surface area contributed by atoms with Crippen LogP contribution in [0, 0.1) is 5.92 Å². The molecule has 0 radical (unpaired) electrons. The zero-order valence-electron chi connectivity index (χ0n) is 11.4. The summed E-state index contributed by atoms with van der Waals surface area (Å²) in [4.78, 5) is 20.8. The van der Waals surface area contributed by atoms with Crippen molar-refractivity contribution in [2.75, 3.05) is 13.2 Å². The molecule has 0 aromatic heterocycles. The predicted molar refractivity (Wildman–Crippen MR) is 67.2 cm³/mol. The van der Waals surface area contributed by atoms with Crippen LogP contribution in [-0.4, -0.2) is 51.9 Å². The van der Waals surface area contributed by atoms with Crippen molar-refractivity contribution in [3.8, 4) is 0 Å². The molecule has 19 heavy (non-hydrogen) atoms. The van der Waals surface area contributed by atoms with Crippen LogP contribution in [0.4, 0.5) is 0 Å². The molecule has 0 aromatic carbocycles. The SMILES string of the molecule is CC(C)C(O)O.O=C(O)CCCCC(=O)OCCO. The fourth-order valence-corrected chi connectivity index (χ4v) is 0.777. The summed E-state index contributed by atoms with van der Waals surface area (Å²) < 4.78 is 4.56. The molecule has 0 unspecified atom stereocenters. The van der Waals surface area contributed by atoms with Crippen molar-refractivity contribution in [1.29, 1.82) is 0 Å². The largest absolute Gasteiger partial charge is 0.481 e. The van der Waals surface area contributed by atoms with Crippen LogP contribution in [0.5, 0.6) is 0 Å². The van der Waals surface area contributed by atoms with Gasteiger partial charge < -0.3 is 25.2 Å². The highest BCUT2D eigenvalue weighted by Crippen LogP contribution is 2.01. The maximum Gasteiger partial charge on any atom is 0.305 e. The van der Waals surface area contributed by atoms with Gasteiger partial charge in [-0.3, -0.25) is 9.59 Å². The third-order valence-corrected chi connectivity index (χ3v) is 1.97. The number of esters is 1. The van der Waals surface area contributed by atoms with Gasteiger partial charge in [0, 0.05) is 18.8 Å². The molecule has 0 saturated carbocycles. The van der Waals surface area contributed by atoms with Crippen molar-refractivity contribution in [1.82, 2.24) is 0 Å². The number of hydrogen-bond acceptors (Lipinski definition) is 6. The molecule has 0 amide bonds. The van der Waals surface area contributed by atoms with Crippen LogP contribution in [-0.2, 0) is 14.3 Å². The van der Waals surface area contributed by atoms with Crippen molar-refractivity contribution < 1.29 is 34.8 Å². The summed E-state index contributed by atoms with van der Waals surface area (Å²) in [5.41, 5.74) is 0. The highest BCUT2D eigenvalue weighted by molar-refractivity contribution is 5.69. The van der Waals surface area contributed by atoms with Crippen LogP contribution >= 0.6 is 0 Å². The highest BCUT2D eigenvalue weighted by Gasteiger charge is 2.03. The van der Waals surface area contributed by atoms with E-state index in [0.717, 1.165) is 0 Å². The Hall–Kier alpha value is -1.18. The molecule has 0 spiro atoms. The summed E-state index contributed by atoms with van der Waals surface area (Å²) in [6.07, 6.45) is 0.130. The van der Waals surface area contributed by atoms with E-state index in [9.17, 15) is 9.59 Å². The van der Waals surface area contributed by atoms with Gasteiger partial charge in [0.1, 0.15) is 6.61 Å². The number of unbranched alkanes of at least 4 members (excludes halogenated alkanes) is 1. The number of carboxylic acid groups (broad SMARTS) is 1. The first-order valence-electron chi connectivity index (χ1n) is 6.15. The lowest BCUT2D eigenvalue weighted by Crippen LogP contribution is -2.11. The Kier molecular flexibility index (Phi) is 14.1. The van der Waals surface area contributed by atoms with E-state index in [0.29, 0.717) is 12.8 Å². The Morgan fingerprint density at radius 1 is 1.11 bits per heavy atom. The summed E-state index contributed by atoms with van der Waals surface area (Å²) in [6, 6.07) is 0. The van der Waals surface area contributed by atoms with E-state index in [1.165, 1.54) is 0 Å². The molecule has 0 bridgehead atoms. The lowest BCUT2D eigenvalue weighted by molar-refractivity contribution is -0.145. The van der Waals surface area contributed by atoms with Crippen LogP contribution in [0.1, 0.15) is 39.5 Å². The maximum atomic E-state index is 10.8.